The van der Waals surface area contributed by atoms with E-state index in [4.69, 9.17) is 9.47 Å². The number of sulfonamides is 1. The minimum Gasteiger partial charge on any atom is -0.497 e. The standard InChI is InChI=1S/C19H34N4O4S/c1-7-20-19(21-12-9-13-23(4)28(24,25)8-2)22(3)15-16-10-11-17(26-5)14-18(16)27-6/h10-11,14H,7-9,12-13,15H2,1-6H3,(H,20,21). The van der Waals surface area contributed by atoms with Crippen LogP contribution in [-0.4, -0.2) is 77.3 Å². The third kappa shape index (κ3) is 7.20. The molecule has 0 heterocycles. The summed E-state index contributed by atoms with van der Waals surface area (Å²) in [5, 5.41) is 3.27. The maximum absolute atomic E-state index is 11.8. The molecule has 160 valence electrons. The molecule has 0 aliphatic rings. The molecule has 0 aliphatic heterocycles. The van der Waals surface area contributed by atoms with E-state index in [0.29, 0.717) is 26.1 Å². The van der Waals surface area contributed by atoms with Gasteiger partial charge in [0.05, 0.1) is 20.0 Å². The lowest BCUT2D eigenvalue weighted by Gasteiger charge is -2.23. The molecule has 0 amide bonds. The molecular formula is C19H34N4O4S. The molecule has 0 unspecified atom stereocenters. The van der Waals surface area contributed by atoms with Crippen LogP contribution < -0.4 is 14.8 Å². The van der Waals surface area contributed by atoms with Gasteiger partial charge in [-0.1, -0.05) is 0 Å². The first-order valence-electron chi connectivity index (χ1n) is 9.43. The number of guanidine groups is 1. The van der Waals surface area contributed by atoms with Crippen molar-refractivity contribution in [3.63, 3.8) is 0 Å². The Hall–Kier alpha value is -2.00. The first kappa shape index (κ1) is 24.0. The number of benzene rings is 1. The fourth-order valence-electron chi connectivity index (χ4n) is 2.62. The van der Waals surface area contributed by atoms with Crippen molar-refractivity contribution in [3.05, 3.63) is 23.8 Å². The first-order chi connectivity index (χ1) is 13.3. The molecule has 1 aromatic rings. The summed E-state index contributed by atoms with van der Waals surface area (Å²) in [5.74, 6) is 2.38. The molecule has 28 heavy (non-hydrogen) atoms. The van der Waals surface area contributed by atoms with E-state index >= 15 is 0 Å². The highest BCUT2D eigenvalue weighted by Crippen LogP contribution is 2.25. The lowest BCUT2D eigenvalue weighted by atomic mass is 10.2. The summed E-state index contributed by atoms with van der Waals surface area (Å²) >= 11 is 0. The second-order valence-corrected chi connectivity index (χ2v) is 8.71. The summed E-state index contributed by atoms with van der Waals surface area (Å²) in [6.07, 6.45) is 0.657. The van der Waals surface area contributed by atoms with Crippen molar-refractivity contribution in [2.24, 2.45) is 4.99 Å². The van der Waals surface area contributed by atoms with Gasteiger partial charge in [0.25, 0.3) is 0 Å². The number of nitrogens with one attached hydrogen (secondary N) is 1. The van der Waals surface area contributed by atoms with E-state index in [1.54, 1.807) is 28.2 Å². The number of aliphatic imine (C=N–C) groups is 1. The lowest BCUT2D eigenvalue weighted by molar-refractivity contribution is 0.382. The molecule has 9 heteroatoms. The summed E-state index contributed by atoms with van der Waals surface area (Å²) in [4.78, 5) is 6.64. The zero-order valence-corrected chi connectivity index (χ0v) is 18.7. The van der Waals surface area contributed by atoms with Crippen molar-refractivity contribution in [2.75, 3.05) is 53.7 Å². The summed E-state index contributed by atoms with van der Waals surface area (Å²) in [5.41, 5.74) is 1.02. The van der Waals surface area contributed by atoms with Gasteiger partial charge in [0.2, 0.25) is 10.0 Å². The third-order valence-electron chi connectivity index (χ3n) is 4.33. The fraction of sp³-hybridized carbons (Fsp3) is 0.632. The Morgan fingerprint density at radius 3 is 2.46 bits per heavy atom. The van der Waals surface area contributed by atoms with Gasteiger partial charge in [0.1, 0.15) is 11.5 Å². The number of methoxy groups -OCH3 is 2. The predicted octanol–water partition coefficient (Wildman–Crippen LogP) is 1.77. The highest BCUT2D eigenvalue weighted by atomic mass is 32.2. The normalized spacial score (nSPS) is 12.2. The van der Waals surface area contributed by atoms with Crippen LogP contribution in [0.3, 0.4) is 0 Å². The number of rotatable bonds is 11. The highest BCUT2D eigenvalue weighted by molar-refractivity contribution is 7.89. The maximum atomic E-state index is 11.8. The van der Waals surface area contributed by atoms with E-state index in [1.807, 2.05) is 37.1 Å². The van der Waals surface area contributed by atoms with Gasteiger partial charge in [-0.3, -0.25) is 4.99 Å². The topological polar surface area (TPSA) is 83.5 Å². The van der Waals surface area contributed by atoms with Crippen molar-refractivity contribution in [1.82, 2.24) is 14.5 Å². The smallest absolute Gasteiger partial charge is 0.213 e. The molecule has 1 rings (SSSR count). The van der Waals surface area contributed by atoms with Crippen LogP contribution >= 0.6 is 0 Å². The monoisotopic (exact) mass is 414 g/mol. The van der Waals surface area contributed by atoms with Crippen LogP contribution in [0, 0.1) is 0 Å². The molecule has 0 atom stereocenters. The second kappa shape index (κ2) is 11.8. The molecule has 1 aromatic carbocycles. The number of hydrogen-bond acceptors (Lipinski definition) is 5. The number of hydrogen-bond donors (Lipinski definition) is 1. The molecule has 0 aliphatic carbocycles. The van der Waals surface area contributed by atoms with Crippen molar-refractivity contribution in [1.29, 1.82) is 0 Å². The van der Waals surface area contributed by atoms with Gasteiger partial charge in [-0.25, -0.2) is 12.7 Å². The number of nitrogens with zero attached hydrogens (tertiary/aromatic N) is 3. The Labute approximate surface area is 169 Å². The van der Waals surface area contributed by atoms with Crippen molar-refractivity contribution in [2.45, 2.75) is 26.8 Å². The molecule has 8 nitrogen and oxygen atoms in total. The molecule has 0 radical (unpaired) electrons. The van der Waals surface area contributed by atoms with Crippen LogP contribution in [0.4, 0.5) is 0 Å². The molecule has 0 bridgehead atoms. The maximum Gasteiger partial charge on any atom is 0.213 e. The number of ether oxygens (including phenoxy) is 2. The predicted molar refractivity (Wildman–Crippen MR) is 114 cm³/mol. The molecule has 0 saturated carbocycles. The molecular weight excluding hydrogens is 380 g/mol. The van der Waals surface area contributed by atoms with Crippen molar-refractivity contribution in [3.8, 4) is 11.5 Å². The zero-order chi connectivity index (χ0) is 21.2. The Bertz CT molecular complexity index is 737. The summed E-state index contributed by atoms with van der Waals surface area (Å²) in [6.45, 7) is 6.01. The van der Waals surface area contributed by atoms with Crippen molar-refractivity contribution >= 4 is 16.0 Å². The molecule has 0 spiro atoms. The summed E-state index contributed by atoms with van der Waals surface area (Å²) < 4.78 is 35.7. The Balaban J connectivity index is 2.75. The zero-order valence-electron chi connectivity index (χ0n) is 17.9. The molecule has 0 saturated heterocycles. The highest BCUT2D eigenvalue weighted by Gasteiger charge is 2.14. The minimum absolute atomic E-state index is 0.113. The van der Waals surface area contributed by atoms with Crippen LogP contribution in [-0.2, 0) is 16.6 Å². The Morgan fingerprint density at radius 2 is 1.89 bits per heavy atom. The van der Waals surface area contributed by atoms with E-state index in [2.05, 4.69) is 10.3 Å². The van der Waals surface area contributed by atoms with E-state index in [1.165, 1.54) is 4.31 Å². The van der Waals surface area contributed by atoms with Gasteiger partial charge >= 0.3 is 0 Å². The van der Waals surface area contributed by atoms with Gasteiger partial charge in [-0.2, -0.15) is 0 Å². The van der Waals surface area contributed by atoms with Crippen LogP contribution in [0.25, 0.3) is 0 Å². The SMILES string of the molecule is CCNC(=NCCCN(C)S(=O)(=O)CC)N(C)Cc1ccc(OC)cc1OC. The van der Waals surface area contributed by atoms with E-state index < -0.39 is 10.0 Å². The quantitative estimate of drug-likeness (QED) is 0.338. The van der Waals surface area contributed by atoms with Gasteiger partial charge < -0.3 is 19.7 Å². The molecule has 0 aromatic heterocycles. The summed E-state index contributed by atoms with van der Waals surface area (Å²) in [6, 6.07) is 5.74. The van der Waals surface area contributed by atoms with Gasteiger partial charge in [0, 0.05) is 51.9 Å². The Morgan fingerprint density at radius 1 is 1.18 bits per heavy atom. The van der Waals surface area contributed by atoms with Crippen LogP contribution in [0.5, 0.6) is 11.5 Å². The largest absolute Gasteiger partial charge is 0.497 e. The van der Waals surface area contributed by atoms with Crippen LogP contribution in [0.1, 0.15) is 25.8 Å². The molecule has 0 fully saturated rings. The van der Waals surface area contributed by atoms with Crippen molar-refractivity contribution < 1.29 is 17.9 Å². The lowest BCUT2D eigenvalue weighted by Crippen LogP contribution is -2.38. The Kier molecular flexibility index (Phi) is 10.1. The van der Waals surface area contributed by atoms with Crippen LogP contribution in [0.15, 0.2) is 23.2 Å². The summed E-state index contributed by atoms with van der Waals surface area (Å²) in [7, 11) is 3.68. The molecule has 1 N–H and O–H groups in total. The van der Waals surface area contributed by atoms with E-state index in [-0.39, 0.29) is 5.75 Å². The average Bonchev–Trinajstić information content (AvgIpc) is 2.70. The van der Waals surface area contributed by atoms with Crippen LogP contribution in [0.2, 0.25) is 0 Å². The van der Waals surface area contributed by atoms with E-state index in [0.717, 1.165) is 29.6 Å². The second-order valence-electron chi connectivity index (χ2n) is 6.35. The fourth-order valence-corrected chi connectivity index (χ4v) is 3.47. The van der Waals surface area contributed by atoms with E-state index in [9.17, 15) is 8.42 Å². The average molecular weight is 415 g/mol. The van der Waals surface area contributed by atoms with Gasteiger partial charge in [-0.05, 0) is 32.4 Å². The van der Waals surface area contributed by atoms with Gasteiger partial charge in [-0.15, -0.1) is 0 Å². The third-order valence-corrected chi connectivity index (χ3v) is 6.19. The van der Waals surface area contributed by atoms with Gasteiger partial charge in [0.15, 0.2) is 5.96 Å². The minimum atomic E-state index is -3.14. The first-order valence-corrected chi connectivity index (χ1v) is 11.0.